The second-order valence-electron chi connectivity index (χ2n) is 4.79. The molecule has 2 aromatic rings. The van der Waals surface area contributed by atoms with E-state index in [9.17, 15) is 5.11 Å². The summed E-state index contributed by atoms with van der Waals surface area (Å²) in [5, 5.41) is 9.90. The lowest BCUT2D eigenvalue weighted by atomic mass is 9.96. The summed E-state index contributed by atoms with van der Waals surface area (Å²) in [7, 11) is 0. The summed E-state index contributed by atoms with van der Waals surface area (Å²) in [5.41, 5.74) is 6.24. The van der Waals surface area contributed by atoms with Gasteiger partial charge in [0, 0.05) is 0 Å². The van der Waals surface area contributed by atoms with Crippen molar-refractivity contribution in [1.29, 1.82) is 0 Å². The summed E-state index contributed by atoms with van der Waals surface area (Å²) >= 11 is 0. The number of rotatable bonds is 1. The molecule has 1 aliphatic carbocycles. The largest absolute Gasteiger partial charge is 0.388 e. The molecule has 17 heavy (non-hydrogen) atoms. The van der Waals surface area contributed by atoms with Gasteiger partial charge in [0.1, 0.15) is 0 Å². The number of hydrogen-bond donors (Lipinski definition) is 1. The van der Waals surface area contributed by atoms with Gasteiger partial charge in [-0.25, -0.2) is 0 Å². The first kappa shape index (κ1) is 10.5. The summed E-state index contributed by atoms with van der Waals surface area (Å²) in [6.45, 7) is 2.10. The summed E-state index contributed by atoms with van der Waals surface area (Å²) in [6.07, 6.45) is 1.58. The maximum absolute atomic E-state index is 9.90. The first-order valence-electron chi connectivity index (χ1n) is 6.12. The lowest BCUT2D eigenvalue weighted by Crippen LogP contribution is -1.91. The molecule has 0 aromatic heterocycles. The van der Waals surface area contributed by atoms with Crippen LogP contribution in [0.15, 0.2) is 42.5 Å². The Hall–Kier alpha value is -1.60. The van der Waals surface area contributed by atoms with Crippen LogP contribution in [0.5, 0.6) is 0 Å². The van der Waals surface area contributed by atoms with Crippen molar-refractivity contribution in [3.8, 4) is 11.1 Å². The number of aryl methyl sites for hydroxylation is 1. The zero-order valence-electron chi connectivity index (χ0n) is 9.98. The van der Waals surface area contributed by atoms with Gasteiger partial charge in [-0.2, -0.15) is 0 Å². The van der Waals surface area contributed by atoms with Crippen molar-refractivity contribution in [2.75, 3.05) is 0 Å². The third-order valence-electron chi connectivity index (χ3n) is 3.60. The Balaban J connectivity index is 2.13. The normalized spacial score (nSPS) is 18.1. The van der Waals surface area contributed by atoms with Crippen LogP contribution in [0.3, 0.4) is 0 Å². The first-order chi connectivity index (χ1) is 8.25. The van der Waals surface area contributed by atoms with Gasteiger partial charge in [-0.15, -0.1) is 0 Å². The summed E-state index contributed by atoms with van der Waals surface area (Å²) < 4.78 is 0. The Labute approximate surface area is 102 Å². The monoisotopic (exact) mass is 224 g/mol. The molecule has 1 nitrogen and oxygen atoms in total. The van der Waals surface area contributed by atoms with E-state index in [4.69, 9.17) is 0 Å². The van der Waals surface area contributed by atoms with Crippen LogP contribution in [-0.4, -0.2) is 5.11 Å². The molecular weight excluding hydrogens is 208 g/mol. The lowest BCUT2D eigenvalue weighted by molar-refractivity contribution is 0.180. The summed E-state index contributed by atoms with van der Waals surface area (Å²) in [5.74, 6) is 0. The van der Waals surface area contributed by atoms with E-state index in [0.29, 0.717) is 0 Å². The van der Waals surface area contributed by atoms with E-state index in [-0.39, 0.29) is 6.10 Å². The molecule has 1 N–H and O–H groups in total. The van der Waals surface area contributed by atoms with Gasteiger partial charge >= 0.3 is 0 Å². The van der Waals surface area contributed by atoms with E-state index in [1.165, 1.54) is 22.3 Å². The molecule has 1 aliphatic rings. The van der Waals surface area contributed by atoms with E-state index in [1.807, 2.05) is 12.1 Å². The second-order valence-corrected chi connectivity index (χ2v) is 4.79. The highest BCUT2D eigenvalue weighted by atomic mass is 16.3. The van der Waals surface area contributed by atoms with E-state index < -0.39 is 0 Å². The predicted octanol–water partition coefficient (Wildman–Crippen LogP) is 3.64. The molecule has 2 aromatic carbocycles. The molecule has 3 rings (SSSR count). The van der Waals surface area contributed by atoms with Crippen molar-refractivity contribution in [2.24, 2.45) is 0 Å². The fourth-order valence-electron chi connectivity index (χ4n) is 2.64. The minimum absolute atomic E-state index is 0.268. The zero-order valence-corrected chi connectivity index (χ0v) is 9.98. The molecule has 0 heterocycles. The molecule has 0 radical (unpaired) electrons. The van der Waals surface area contributed by atoms with Gasteiger partial charge < -0.3 is 5.11 Å². The third-order valence-corrected chi connectivity index (χ3v) is 3.60. The molecule has 1 unspecified atom stereocenters. The minimum atomic E-state index is -0.268. The maximum Gasteiger partial charge on any atom is 0.0796 e. The molecule has 1 atom stereocenters. The van der Waals surface area contributed by atoms with Crippen molar-refractivity contribution >= 4 is 0 Å². The number of hydrogen-bond acceptors (Lipinski definition) is 1. The highest BCUT2D eigenvalue weighted by Gasteiger charge is 2.22. The Kier molecular flexibility index (Phi) is 2.49. The van der Waals surface area contributed by atoms with Crippen molar-refractivity contribution in [3.63, 3.8) is 0 Å². The molecule has 0 spiro atoms. The standard InChI is InChI=1S/C16H16O/c1-11-5-7-12(8-6-11)13-3-2-4-15-14(13)9-10-16(15)17/h2-8,16-17H,9-10H2,1H3. The molecule has 86 valence electrons. The number of benzene rings is 2. The second kappa shape index (κ2) is 4.01. The lowest BCUT2D eigenvalue weighted by Gasteiger charge is -2.09. The van der Waals surface area contributed by atoms with Crippen molar-refractivity contribution in [3.05, 3.63) is 59.2 Å². The van der Waals surface area contributed by atoms with Crippen LogP contribution in [0.2, 0.25) is 0 Å². The van der Waals surface area contributed by atoms with Crippen molar-refractivity contribution in [1.82, 2.24) is 0 Å². The fraction of sp³-hybridized carbons (Fsp3) is 0.250. The van der Waals surface area contributed by atoms with E-state index in [2.05, 4.69) is 37.3 Å². The van der Waals surface area contributed by atoms with Crippen LogP contribution in [0.25, 0.3) is 11.1 Å². The molecule has 0 amide bonds. The molecule has 0 bridgehead atoms. The quantitative estimate of drug-likeness (QED) is 0.784. The van der Waals surface area contributed by atoms with Gasteiger partial charge in [0.2, 0.25) is 0 Å². The Morgan fingerprint density at radius 2 is 1.82 bits per heavy atom. The van der Waals surface area contributed by atoms with Gasteiger partial charge in [-0.1, -0.05) is 48.0 Å². The average molecular weight is 224 g/mol. The minimum Gasteiger partial charge on any atom is -0.388 e. The van der Waals surface area contributed by atoms with Crippen LogP contribution in [0.4, 0.5) is 0 Å². The highest BCUT2D eigenvalue weighted by molar-refractivity contribution is 5.70. The van der Waals surface area contributed by atoms with Gasteiger partial charge in [-0.3, -0.25) is 0 Å². The smallest absolute Gasteiger partial charge is 0.0796 e. The van der Waals surface area contributed by atoms with Crippen LogP contribution < -0.4 is 0 Å². The zero-order chi connectivity index (χ0) is 11.8. The van der Waals surface area contributed by atoms with Crippen molar-refractivity contribution in [2.45, 2.75) is 25.9 Å². The van der Waals surface area contributed by atoms with Gasteiger partial charge in [0.05, 0.1) is 6.10 Å². The number of fused-ring (bicyclic) bond motifs is 1. The van der Waals surface area contributed by atoms with Crippen LogP contribution in [0, 0.1) is 6.92 Å². The highest BCUT2D eigenvalue weighted by Crippen LogP contribution is 2.37. The fourth-order valence-corrected chi connectivity index (χ4v) is 2.64. The molecule has 0 fully saturated rings. The third kappa shape index (κ3) is 1.77. The predicted molar refractivity (Wildman–Crippen MR) is 69.9 cm³/mol. The molecule has 0 aliphatic heterocycles. The Morgan fingerprint density at radius 3 is 2.59 bits per heavy atom. The van der Waals surface area contributed by atoms with Crippen LogP contribution >= 0.6 is 0 Å². The Morgan fingerprint density at radius 1 is 1.06 bits per heavy atom. The van der Waals surface area contributed by atoms with Gasteiger partial charge in [-0.05, 0) is 42.0 Å². The first-order valence-corrected chi connectivity index (χ1v) is 6.12. The molecule has 0 saturated heterocycles. The SMILES string of the molecule is Cc1ccc(-c2cccc3c2CCC3O)cc1. The molecular formula is C16H16O. The van der Waals surface area contributed by atoms with Gasteiger partial charge in [0.25, 0.3) is 0 Å². The summed E-state index contributed by atoms with van der Waals surface area (Å²) in [4.78, 5) is 0. The van der Waals surface area contributed by atoms with Gasteiger partial charge in [0.15, 0.2) is 0 Å². The topological polar surface area (TPSA) is 20.2 Å². The van der Waals surface area contributed by atoms with E-state index in [1.54, 1.807) is 0 Å². The van der Waals surface area contributed by atoms with E-state index >= 15 is 0 Å². The maximum atomic E-state index is 9.90. The molecule has 1 heteroatoms. The van der Waals surface area contributed by atoms with E-state index in [0.717, 1.165) is 18.4 Å². The van der Waals surface area contributed by atoms with Crippen molar-refractivity contribution < 1.29 is 5.11 Å². The number of aliphatic hydroxyl groups is 1. The average Bonchev–Trinajstić information content (AvgIpc) is 2.73. The summed E-state index contributed by atoms with van der Waals surface area (Å²) in [6, 6.07) is 14.8. The molecule has 0 saturated carbocycles. The number of aliphatic hydroxyl groups excluding tert-OH is 1. The van der Waals surface area contributed by atoms with Crippen LogP contribution in [0.1, 0.15) is 29.2 Å². The Bertz CT molecular complexity index is 540. The van der Waals surface area contributed by atoms with Crippen LogP contribution in [-0.2, 0) is 6.42 Å².